The molecule has 2 atom stereocenters. The summed E-state index contributed by atoms with van der Waals surface area (Å²) in [5.74, 6) is -0.508. The summed E-state index contributed by atoms with van der Waals surface area (Å²) in [7, 11) is 1.39. The summed E-state index contributed by atoms with van der Waals surface area (Å²) in [6, 6.07) is 2.42. The van der Waals surface area contributed by atoms with Crippen molar-refractivity contribution in [3.05, 3.63) is 29.3 Å². The van der Waals surface area contributed by atoms with Gasteiger partial charge in [-0.05, 0) is 12.3 Å². The van der Waals surface area contributed by atoms with Crippen molar-refractivity contribution >= 4 is 15.9 Å². The number of hydrogen-bond acceptors (Lipinski definition) is 1. The van der Waals surface area contributed by atoms with Gasteiger partial charge in [-0.2, -0.15) is 0 Å². The molecular formula is C13H17BrF2O. The van der Waals surface area contributed by atoms with E-state index < -0.39 is 11.6 Å². The van der Waals surface area contributed by atoms with Gasteiger partial charge in [-0.25, -0.2) is 8.78 Å². The van der Waals surface area contributed by atoms with Gasteiger partial charge in [0, 0.05) is 22.5 Å². The molecule has 1 aromatic rings. The molecule has 0 spiro atoms. The Morgan fingerprint density at radius 2 is 1.82 bits per heavy atom. The fourth-order valence-electron chi connectivity index (χ4n) is 1.62. The maximum atomic E-state index is 13.8. The normalized spacial score (nSPS) is 14.5. The van der Waals surface area contributed by atoms with Crippen LogP contribution < -0.4 is 4.74 Å². The van der Waals surface area contributed by atoms with Crippen LogP contribution in [0.2, 0.25) is 0 Å². The third-order valence-corrected chi connectivity index (χ3v) is 3.74. The maximum Gasteiger partial charge on any atom is 0.134 e. The van der Waals surface area contributed by atoms with Gasteiger partial charge >= 0.3 is 0 Å². The van der Waals surface area contributed by atoms with Crippen molar-refractivity contribution in [1.82, 2.24) is 0 Å². The van der Waals surface area contributed by atoms with Crippen LogP contribution in [0.15, 0.2) is 12.1 Å². The molecule has 0 radical (unpaired) electrons. The van der Waals surface area contributed by atoms with Crippen molar-refractivity contribution in [1.29, 1.82) is 0 Å². The summed E-state index contributed by atoms with van der Waals surface area (Å²) in [6.45, 7) is 4.12. The Morgan fingerprint density at radius 3 is 2.24 bits per heavy atom. The molecule has 0 bridgehead atoms. The topological polar surface area (TPSA) is 9.23 Å². The molecule has 96 valence electrons. The molecule has 0 aliphatic carbocycles. The highest BCUT2D eigenvalue weighted by Gasteiger charge is 2.20. The quantitative estimate of drug-likeness (QED) is 0.707. The first-order valence-electron chi connectivity index (χ1n) is 5.66. The monoisotopic (exact) mass is 306 g/mol. The second-order valence-electron chi connectivity index (χ2n) is 4.22. The molecule has 0 aromatic heterocycles. The van der Waals surface area contributed by atoms with Crippen molar-refractivity contribution in [3.8, 4) is 5.75 Å². The molecule has 1 nitrogen and oxygen atoms in total. The summed E-state index contributed by atoms with van der Waals surface area (Å²) in [4.78, 5) is -0.302. The Bertz CT molecular complexity index is 359. The zero-order valence-corrected chi connectivity index (χ0v) is 11.9. The Hall–Kier alpha value is -0.640. The van der Waals surface area contributed by atoms with E-state index in [1.54, 1.807) is 0 Å². The molecule has 1 rings (SSSR count). The second kappa shape index (κ2) is 6.34. The van der Waals surface area contributed by atoms with Gasteiger partial charge in [0.1, 0.15) is 17.4 Å². The first-order valence-corrected chi connectivity index (χ1v) is 6.58. The van der Waals surface area contributed by atoms with Crippen LogP contribution in [-0.4, -0.2) is 7.11 Å². The Morgan fingerprint density at radius 1 is 1.29 bits per heavy atom. The molecule has 0 fully saturated rings. The fourth-order valence-corrected chi connectivity index (χ4v) is 2.69. The van der Waals surface area contributed by atoms with E-state index in [4.69, 9.17) is 4.74 Å². The van der Waals surface area contributed by atoms with Crippen LogP contribution >= 0.6 is 15.9 Å². The highest BCUT2D eigenvalue weighted by atomic mass is 79.9. The van der Waals surface area contributed by atoms with Crippen molar-refractivity contribution in [2.24, 2.45) is 5.92 Å². The lowest BCUT2D eigenvalue weighted by Gasteiger charge is -2.16. The average Bonchev–Trinajstić information content (AvgIpc) is 2.27. The van der Waals surface area contributed by atoms with Gasteiger partial charge < -0.3 is 4.74 Å². The zero-order chi connectivity index (χ0) is 13.0. The van der Waals surface area contributed by atoms with Gasteiger partial charge in [-0.15, -0.1) is 0 Å². The molecular weight excluding hydrogens is 290 g/mol. The van der Waals surface area contributed by atoms with E-state index in [1.807, 2.05) is 0 Å². The van der Waals surface area contributed by atoms with E-state index in [0.717, 1.165) is 6.42 Å². The molecule has 1 aromatic carbocycles. The summed E-state index contributed by atoms with van der Waals surface area (Å²) in [5, 5.41) is 0. The van der Waals surface area contributed by atoms with Gasteiger partial charge in [0.15, 0.2) is 0 Å². The van der Waals surface area contributed by atoms with E-state index >= 15 is 0 Å². The van der Waals surface area contributed by atoms with Gasteiger partial charge in [-0.1, -0.05) is 36.2 Å². The number of hydrogen-bond donors (Lipinski definition) is 0. The molecule has 17 heavy (non-hydrogen) atoms. The van der Waals surface area contributed by atoms with Crippen LogP contribution in [0.1, 0.15) is 37.1 Å². The minimum atomic E-state index is -0.563. The molecule has 0 aliphatic heterocycles. The third kappa shape index (κ3) is 3.66. The van der Waals surface area contributed by atoms with Crippen LogP contribution in [0, 0.1) is 17.6 Å². The zero-order valence-electron chi connectivity index (χ0n) is 10.3. The Balaban J connectivity index is 2.97. The lowest BCUT2D eigenvalue weighted by Crippen LogP contribution is -2.04. The van der Waals surface area contributed by atoms with Crippen molar-refractivity contribution in [2.45, 2.75) is 31.5 Å². The Labute approximate surface area is 109 Å². The molecule has 0 amide bonds. The van der Waals surface area contributed by atoms with Crippen molar-refractivity contribution in [2.75, 3.05) is 7.11 Å². The molecule has 0 saturated carbocycles. The maximum absolute atomic E-state index is 13.8. The van der Waals surface area contributed by atoms with E-state index in [2.05, 4.69) is 29.8 Å². The molecule has 0 N–H and O–H groups in total. The number of methoxy groups -OCH3 is 1. The van der Waals surface area contributed by atoms with Gasteiger partial charge in [0.25, 0.3) is 0 Å². The first kappa shape index (κ1) is 14.4. The summed E-state index contributed by atoms with van der Waals surface area (Å²) >= 11 is 3.35. The van der Waals surface area contributed by atoms with E-state index in [9.17, 15) is 8.78 Å². The number of halogens is 3. The lowest BCUT2D eigenvalue weighted by molar-refractivity contribution is 0.404. The SMILES string of the molecule is CCC(C)CC(Br)c1c(F)cc(OC)cc1F. The van der Waals surface area contributed by atoms with Gasteiger partial charge in [0.2, 0.25) is 0 Å². The van der Waals surface area contributed by atoms with Crippen LogP contribution in [0.3, 0.4) is 0 Å². The van der Waals surface area contributed by atoms with E-state index in [0.29, 0.717) is 12.3 Å². The minimum absolute atomic E-state index is 0.0890. The van der Waals surface area contributed by atoms with Gasteiger partial charge in [-0.3, -0.25) is 0 Å². The standard InChI is InChI=1S/C13H17BrF2O/c1-4-8(2)5-10(14)13-11(15)6-9(17-3)7-12(13)16/h6-8,10H,4-5H2,1-3H3. The number of benzene rings is 1. The average molecular weight is 307 g/mol. The molecule has 2 unspecified atom stereocenters. The first-order chi connectivity index (χ1) is 7.99. The second-order valence-corrected chi connectivity index (χ2v) is 5.33. The fraction of sp³-hybridized carbons (Fsp3) is 0.538. The van der Waals surface area contributed by atoms with Crippen molar-refractivity contribution in [3.63, 3.8) is 0 Å². The Kier molecular flexibility index (Phi) is 5.37. The van der Waals surface area contributed by atoms with Crippen molar-refractivity contribution < 1.29 is 13.5 Å². The number of alkyl halides is 1. The summed E-state index contributed by atoms with van der Waals surface area (Å²) in [6.07, 6.45) is 1.69. The van der Waals surface area contributed by atoms with Crippen LogP contribution in [0.25, 0.3) is 0 Å². The summed E-state index contributed by atoms with van der Waals surface area (Å²) < 4.78 is 32.3. The summed E-state index contributed by atoms with van der Waals surface area (Å²) in [5.41, 5.74) is 0.0890. The predicted octanol–water partition coefficient (Wildman–Crippen LogP) is 4.85. The van der Waals surface area contributed by atoms with Gasteiger partial charge in [0.05, 0.1) is 7.11 Å². The lowest BCUT2D eigenvalue weighted by atomic mass is 9.98. The molecule has 0 aliphatic rings. The van der Waals surface area contributed by atoms with E-state index in [-0.39, 0.29) is 16.1 Å². The predicted molar refractivity (Wildman–Crippen MR) is 68.7 cm³/mol. The molecule has 0 heterocycles. The van der Waals surface area contributed by atoms with E-state index in [1.165, 1.54) is 19.2 Å². The minimum Gasteiger partial charge on any atom is -0.497 e. The number of rotatable bonds is 5. The van der Waals surface area contributed by atoms with Crippen LogP contribution in [-0.2, 0) is 0 Å². The van der Waals surface area contributed by atoms with Crippen LogP contribution in [0.5, 0.6) is 5.75 Å². The highest BCUT2D eigenvalue weighted by Crippen LogP contribution is 2.35. The van der Waals surface area contributed by atoms with Crippen LogP contribution in [0.4, 0.5) is 8.78 Å². The smallest absolute Gasteiger partial charge is 0.134 e. The highest BCUT2D eigenvalue weighted by molar-refractivity contribution is 9.09. The molecule has 4 heteroatoms. The molecule has 0 saturated heterocycles. The largest absolute Gasteiger partial charge is 0.497 e. The number of ether oxygens (including phenoxy) is 1. The third-order valence-electron chi connectivity index (χ3n) is 2.91.